The van der Waals surface area contributed by atoms with Crippen molar-refractivity contribution in [2.75, 3.05) is 33.4 Å². The Labute approximate surface area is 149 Å². The second-order valence-electron chi connectivity index (χ2n) is 6.06. The van der Waals surface area contributed by atoms with Crippen LogP contribution in [-0.4, -0.2) is 50.1 Å². The number of piperidine rings is 1. The first kappa shape index (κ1) is 19.2. The third-order valence-corrected chi connectivity index (χ3v) is 4.52. The van der Waals surface area contributed by atoms with E-state index in [0.29, 0.717) is 39.1 Å². The Morgan fingerprint density at radius 2 is 2.00 bits per heavy atom. The molecule has 2 rings (SSSR count). The summed E-state index contributed by atoms with van der Waals surface area (Å²) >= 11 is 0. The number of nitrogens with one attached hydrogen (secondary N) is 1. The number of benzene rings is 1. The predicted octanol–water partition coefficient (Wildman–Crippen LogP) is 2.15. The molecule has 0 aromatic heterocycles. The zero-order chi connectivity index (χ0) is 18.2. The van der Waals surface area contributed by atoms with Crippen molar-refractivity contribution in [1.82, 2.24) is 10.2 Å². The highest BCUT2D eigenvalue weighted by atomic mass is 16.5. The molecular weight excluding hydrogens is 320 g/mol. The summed E-state index contributed by atoms with van der Waals surface area (Å²) in [5.74, 6) is 0.606. The number of hydrogen-bond donors (Lipinski definition) is 1. The minimum atomic E-state index is -0.257. The molecule has 0 spiro atoms. The molecule has 1 aliphatic rings. The zero-order valence-corrected chi connectivity index (χ0v) is 15.3. The van der Waals surface area contributed by atoms with Gasteiger partial charge in [0, 0.05) is 26.6 Å². The number of nitrogens with zero attached hydrogens (tertiary/aromatic N) is 1. The third kappa shape index (κ3) is 4.72. The average Bonchev–Trinajstić information content (AvgIpc) is 2.62. The predicted molar refractivity (Wildman–Crippen MR) is 95.3 cm³/mol. The normalized spacial score (nSPS) is 20.4. The van der Waals surface area contributed by atoms with Crippen LogP contribution in [0.2, 0.25) is 0 Å². The number of rotatable bonds is 8. The molecule has 1 N–H and O–H groups in total. The van der Waals surface area contributed by atoms with E-state index in [0.717, 1.165) is 11.3 Å². The first-order valence-corrected chi connectivity index (χ1v) is 8.91. The molecule has 2 amide bonds. The van der Waals surface area contributed by atoms with Crippen LogP contribution in [-0.2, 0) is 14.3 Å². The first-order valence-electron chi connectivity index (χ1n) is 8.91. The summed E-state index contributed by atoms with van der Waals surface area (Å²) in [6.07, 6.45) is 0.968. The van der Waals surface area contributed by atoms with Crippen LogP contribution in [0.5, 0.6) is 5.75 Å². The summed E-state index contributed by atoms with van der Waals surface area (Å²) in [6.45, 7) is 6.02. The van der Waals surface area contributed by atoms with Crippen molar-refractivity contribution >= 4 is 11.8 Å². The topological polar surface area (TPSA) is 67.9 Å². The molecule has 2 atom stereocenters. The summed E-state index contributed by atoms with van der Waals surface area (Å²) in [6, 6.07) is 7.44. The monoisotopic (exact) mass is 348 g/mol. The van der Waals surface area contributed by atoms with Gasteiger partial charge in [0.2, 0.25) is 11.8 Å². The van der Waals surface area contributed by atoms with Gasteiger partial charge in [-0.1, -0.05) is 12.1 Å². The smallest absolute Gasteiger partial charge is 0.225 e. The van der Waals surface area contributed by atoms with Gasteiger partial charge in [0.25, 0.3) is 0 Å². The van der Waals surface area contributed by atoms with Crippen molar-refractivity contribution in [3.8, 4) is 5.75 Å². The van der Waals surface area contributed by atoms with E-state index < -0.39 is 0 Å². The minimum Gasteiger partial charge on any atom is -0.494 e. The van der Waals surface area contributed by atoms with Crippen molar-refractivity contribution in [3.05, 3.63) is 29.8 Å². The van der Waals surface area contributed by atoms with Gasteiger partial charge in [-0.25, -0.2) is 0 Å². The van der Waals surface area contributed by atoms with E-state index in [9.17, 15) is 9.59 Å². The third-order valence-electron chi connectivity index (χ3n) is 4.52. The lowest BCUT2D eigenvalue weighted by Gasteiger charge is -2.40. The highest BCUT2D eigenvalue weighted by molar-refractivity contribution is 5.85. The maximum absolute atomic E-state index is 12.7. The lowest BCUT2D eigenvalue weighted by atomic mass is 9.83. The van der Waals surface area contributed by atoms with Crippen LogP contribution in [0, 0.1) is 5.92 Å². The lowest BCUT2D eigenvalue weighted by Crippen LogP contribution is -2.48. The zero-order valence-electron chi connectivity index (χ0n) is 15.3. The number of likely N-dealkylation sites (tertiary alicyclic amines) is 1. The van der Waals surface area contributed by atoms with E-state index in [4.69, 9.17) is 9.47 Å². The number of methoxy groups -OCH3 is 1. The van der Waals surface area contributed by atoms with Crippen molar-refractivity contribution in [1.29, 1.82) is 0 Å². The van der Waals surface area contributed by atoms with Gasteiger partial charge in [0.1, 0.15) is 5.75 Å². The van der Waals surface area contributed by atoms with E-state index in [1.54, 1.807) is 12.0 Å². The molecule has 25 heavy (non-hydrogen) atoms. The SMILES string of the molecule is CCOc1ccc([C@H]2[C@H](C(=O)NCCOC)CCC(=O)N2CC)cc1. The van der Waals surface area contributed by atoms with Crippen molar-refractivity contribution in [3.63, 3.8) is 0 Å². The van der Waals surface area contributed by atoms with Crippen LogP contribution in [0.15, 0.2) is 24.3 Å². The summed E-state index contributed by atoms with van der Waals surface area (Å²) < 4.78 is 10.5. The van der Waals surface area contributed by atoms with Crippen LogP contribution in [0.1, 0.15) is 38.3 Å². The van der Waals surface area contributed by atoms with E-state index in [1.165, 1.54) is 0 Å². The second kappa shape index (κ2) is 9.42. The fourth-order valence-electron chi connectivity index (χ4n) is 3.35. The maximum Gasteiger partial charge on any atom is 0.225 e. The van der Waals surface area contributed by atoms with Crippen LogP contribution in [0.4, 0.5) is 0 Å². The molecular formula is C19H28N2O4. The Hall–Kier alpha value is -2.08. The maximum atomic E-state index is 12.7. The fraction of sp³-hybridized carbons (Fsp3) is 0.579. The van der Waals surface area contributed by atoms with Crippen LogP contribution < -0.4 is 10.1 Å². The molecule has 138 valence electrons. The number of amides is 2. The van der Waals surface area contributed by atoms with E-state index in [1.807, 2.05) is 38.1 Å². The Kier molecular flexibility index (Phi) is 7.25. The average molecular weight is 348 g/mol. The summed E-state index contributed by atoms with van der Waals surface area (Å²) in [7, 11) is 1.60. The molecule has 1 aromatic rings. The minimum absolute atomic E-state index is 0.0260. The summed E-state index contributed by atoms with van der Waals surface area (Å²) in [5.41, 5.74) is 0.963. The highest BCUT2D eigenvalue weighted by Crippen LogP contribution is 2.37. The Balaban J connectivity index is 2.24. The number of carbonyl (C=O) groups is 2. The van der Waals surface area contributed by atoms with Gasteiger partial charge in [-0.05, 0) is 38.0 Å². The Morgan fingerprint density at radius 3 is 2.60 bits per heavy atom. The highest BCUT2D eigenvalue weighted by Gasteiger charge is 2.39. The number of carbonyl (C=O) groups excluding carboxylic acids is 2. The summed E-state index contributed by atoms with van der Waals surface area (Å²) in [5, 5.41) is 2.92. The Bertz CT molecular complexity index is 573. The standard InChI is InChI=1S/C19H28N2O4/c1-4-21-17(22)11-10-16(19(23)20-12-13-24-3)18(21)14-6-8-15(9-7-14)25-5-2/h6-9,16,18H,4-5,10-13H2,1-3H3,(H,20,23)/t16-,18+/m1/s1. The molecule has 0 radical (unpaired) electrons. The molecule has 6 heteroatoms. The fourth-order valence-corrected chi connectivity index (χ4v) is 3.35. The van der Waals surface area contributed by atoms with Gasteiger partial charge in [-0.2, -0.15) is 0 Å². The quantitative estimate of drug-likeness (QED) is 0.731. The van der Waals surface area contributed by atoms with Crippen LogP contribution >= 0.6 is 0 Å². The van der Waals surface area contributed by atoms with Crippen molar-refractivity contribution < 1.29 is 19.1 Å². The molecule has 1 aromatic carbocycles. The largest absolute Gasteiger partial charge is 0.494 e. The first-order chi connectivity index (χ1) is 12.1. The van der Waals surface area contributed by atoms with Crippen LogP contribution in [0.3, 0.4) is 0 Å². The van der Waals surface area contributed by atoms with Gasteiger partial charge >= 0.3 is 0 Å². The molecule has 0 unspecified atom stereocenters. The molecule has 0 bridgehead atoms. The number of hydrogen-bond acceptors (Lipinski definition) is 4. The van der Waals surface area contributed by atoms with E-state index in [-0.39, 0.29) is 23.8 Å². The Morgan fingerprint density at radius 1 is 1.28 bits per heavy atom. The van der Waals surface area contributed by atoms with Gasteiger partial charge in [-0.15, -0.1) is 0 Å². The van der Waals surface area contributed by atoms with Crippen LogP contribution in [0.25, 0.3) is 0 Å². The molecule has 0 aliphatic carbocycles. The van der Waals surface area contributed by atoms with Gasteiger partial charge in [-0.3, -0.25) is 9.59 Å². The van der Waals surface area contributed by atoms with E-state index >= 15 is 0 Å². The van der Waals surface area contributed by atoms with Gasteiger partial charge in [0.15, 0.2) is 0 Å². The van der Waals surface area contributed by atoms with Gasteiger partial charge < -0.3 is 19.7 Å². The van der Waals surface area contributed by atoms with Gasteiger partial charge in [0.05, 0.1) is 25.2 Å². The lowest BCUT2D eigenvalue weighted by molar-refractivity contribution is -0.143. The summed E-state index contributed by atoms with van der Waals surface area (Å²) in [4.78, 5) is 26.8. The molecule has 1 aliphatic heterocycles. The van der Waals surface area contributed by atoms with E-state index in [2.05, 4.69) is 5.32 Å². The molecule has 1 fully saturated rings. The molecule has 6 nitrogen and oxygen atoms in total. The second-order valence-corrected chi connectivity index (χ2v) is 6.06. The molecule has 1 saturated heterocycles. The molecule has 0 saturated carbocycles. The molecule has 1 heterocycles. The van der Waals surface area contributed by atoms with Crippen molar-refractivity contribution in [2.45, 2.75) is 32.7 Å². The van der Waals surface area contributed by atoms with Crippen molar-refractivity contribution in [2.24, 2.45) is 5.92 Å². The number of ether oxygens (including phenoxy) is 2.